The highest BCUT2D eigenvalue weighted by Crippen LogP contribution is 2.16. The molecule has 1 amide bonds. The van der Waals surface area contributed by atoms with Crippen molar-refractivity contribution in [3.63, 3.8) is 0 Å². The molecule has 0 saturated carbocycles. The number of carbonyl (C=O) groups excluding carboxylic acids is 1. The van der Waals surface area contributed by atoms with Gasteiger partial charge in [-0.25, -0.2) is 0 Å². The van der Waals surface area contributed by atoms with Crippen LogP contribution >= 0.6 is 0 Å². The Hall–Kier alpha value is -0.610. The van der Waals surface area contributed by atoms with Gasteiger partial charge in [-0.05, 0) is 27.2 Å². The molecule has 1 atom stereocenters. The van der Waals surface area contributed by atoms with E-state index in [1.807, 2.05) is 4.90 Å². The Kier molecular flexibility index (Phi) is 5.60. The zero-order valence-corrected chi connectivity index (χ0v) is 12.4. The maximum Gasteiger partial charge on any atom is 0.224 e. The Bertz CT molecular complexity index is 265. The number of amides is 1. The average Bonchev–Trinajstić information content (AvgIpc) is 2.28. The molecule has 0 radical (unpaired) electrons. The smallest absolute Gasteiger partial charge is 0.224 e. The minimum atomic E-state index is 0.0307. The highest BCUT2D eigenvalue weighted by molar-refractivity contribution is 5.76. The second-order valence-corrected chi connectivity index (χ2v) is 6.29. The third kappa shape index (κ3) is 4.58. The fraction of sp³-hybridized carbons (Fsp3) is 0.929. The van der Waals surface area contributed by atoms with Gasteiger partial charge in [0, 0.05) is 44.2 Å². The number of piperazine rings is 1. The summed E-state index contributed by atoms with van der Waals surface area (Å²) in [6.45, 7) is 12.4. The Morgan fingerprint density at radius 2 is 1.78 bits per heavy atom. The molecule has 0 aromatic heterocycles. The average molecular weight is 255 g/mol. The van der Waals surface area contributed by atoms with E-state index in [9.17, 15) is 4.79 Å². The normalized spacial score (nSPS) is 19.9. The highest BCUT2D eigenvalue weighted by Gasteiger charge is 2.27. The van der Waals surface area contributed by atoms with Gasteiger partial charge in [0.25, 0.3) is 0 Å². The van der Waals surface area contributed by atoms with Crippen molar-refractivity contribution < 1.29 is 4.79 Å². The van der Waals surface area contributed by atoms with Crippen LogP contribution in [0.5, 0.6) is 0 Å². The summed E-state index contributed by atoms with van der Waals surface area (Å²) >= 11 is 0. The van der Waals surface area contributed by atoms with E-state index in [-0.39, 0.29) is 17.5 Å². The standard InChI is InChI=1S/C14H29N3O/c1-5-6-12(15)11-13(18)16-7-9-17(10-8-16)14(2,3)4/h12H,5-11,15H2,1-4H3. The summed E-state index contributed by atoms with van der Waals surface area (Å²) in [6, 6.07) is 0.0307. The maximum absolute atomic E-state index is 12.1. The molecule has 1 unspecified atom stereocenters. The minimum absolute atomic E-state index is 0.0307. The molecule has 4 heteroatoms. The fourth-order valence-corrected chi connectivity index (χ4v) is 2.45. The Morgan fingerprint density at radius 1 is 1.22 bits per heavy atom. The Balaban J connectivity index is 2.36. The number of hydrogen-bond donors (Lipinski definition) is 1. The molecule has 1 aliphatic heterocycles. The van der Waals surface area contributed by atoms with E-state index >= 15 is 0 Å². The summed E-state index contributed by atoms with van der Waals surface area (Å²) in [4.78, 5) is 16.5. The monoisotopic (exact) mass is 255 g/mol. The minimum Gasteiger partial charge on any atom is -0.340 e. The van der Waals surface area contributed by atoms with Gasteiger partial charge >= 0.3 is 0 Å². The van der Waals surface area contributed by atoms with E-state index in [2.05, 4.69) is 32.6 Å². The van der Waals surface area contributed by atoms with Crippen molar-refractivity contribution in [1.82, 2.24) is 9.80 Å². The molecular weight excluding hydrogens is 226 g/mol. The summed E-state index contributed by atoms with van der Waals surface area (Å²) in [7, 11) is 0. The number of hydrogen-bond acceptors (Lipinski definition) is 3. The molecule has 1 saturated heterocycles. The molecule has 1 heterocycles. The van der Waals surface area contributed by atoms with Crippen LogP contribution in [0.4, 0.5) is 0 Å². The summed E-state index contributed by atoms with van der Waals surface area (Å²) in [6.07, 6.45) is 2.49. The molecule has 2 N–H and O–H groups in total. The molecule has 1 aliphatic rings. The van der Waals surface area contributed by atoms with Gasteiger partial charge in [-0.3, -0.25) is 9.69 Å². The zero-order chi connectivity index (χ0) is 13.8. The molecule has 1 rings (SSSR count). The Morgan fingerprint density at radius 3 is 2.22 bits per heavy atom. The van der Waals surface area contributed by atoms with E-state index < -0.39 is 0 Å². The maximum atomic E-state index is 12.1. The molecule has 106 valence electrons. The van der Waals surface area contributed by atoms with Gasteiger partial charge in [-0.15, -0.1) is 0 Å². The molecule has 4 nitrogen and oxygen atoms in total. The van der Waals surface area contributed by atoms with Gasteiger partial charge < -0.3 is 10.6 Å². The molecule has 0 aromatic rings. The van der Waals surface area contributed by atoms with E-state index in [1.165, 1.54) is 0 Å². The molecule has 0 aliphatic carbocycles. The van der Waals surface area contributed by atoms with Crippen LogP contribution in [0.3, 0.4) is 0 Å². The largest absolute Gasteiger partial charge is 0.340 e. The summed E-state index contributed by atoms with van der Waals surface area (Å²) in [5.41, 5.74) is 6.13. The fourth-order valence-electron chi connectivity index (χ4n) is 2.45. The topological polar surface area (TPSA) is 49.6 Å². The lowest BCUT2D eigenvalue weighted by Gasteiger charge is -2.42. The second kappa shape index (κ2) is 6.53. The van der Waals surface area contributed by atoms with Gasteiger partial charge in [0.15, 0.2) is 0 Å². The van der Waals surface area contributed by atoms with Crippen LogP contribution in [0.15, 0.2) is 0 Å². The van der Waals surface area contributed by atoms with Crippen molar-refractivity contribution in [3.05, 3.63) is 0 Å². The molecule has 0 bridgehead atoms. The van der Waals surface area contributed by atoms with Gasteiger partial charge in [0.05, 0.1) is 0 Å². The predicted molar refractivity (Wildman–Crippen MR) is 75.4 cm³/mol. The summed E-state index contributed by atoms with van der Waals surface area (Å²) in [5, 5.41) is 0. The van der Waals surface area contributed by atoms with E-state index in [1.54, 1.807) is 0 Å². The SMILES string of the molecule is CCCC(N)CC(=O)N1CCN(C(C)(C)C)CC1. The molecular formula is C14H29N3O. The van der Waals surface area contributed by atoms with Gasteiger partial charge in [-0.1, -0.05) is 13.3 Å². The number of nitrogens with zero attached hydrogens (tertiary/aromatic N) is 2. The van der Waals surface area contributed by atoms with E-state index in [0.717, 1.165) is 39.0 Å². The molecule has 18 heavy (non-hydrogen) atoms. The summed E-state index contributed by atoms with van der Waals surface area (Å²) in [5.74, 6) is 0.226. The van der Waals surface area contributed by atoms with Gasteiger partial charge in [0.1, 0.15) is 0 Å². The first kappa shape index (κ1) is 15.4. The Labute approximate surface area is 111 Å². The molecule has 0 spiro atoms. The lowest BCUT2D eigenvalue weighted by molar-refractivity contribution is -0.134. The van der Waals surface area contributed by atoms with Crippen LogP contribution in [0.25, 0.3) is 0 Å². The van der Waals surface area contributed by atoms with E-state index in [4.69, 9.17) is 5.73 Å². The zero-order valence-electron chi connectivity index (χ0n) is 12.4. The highest BCUT2D eigenvalue weighted by atomic mass is 16.2. The number of nitrogens with two attached hydrogens (primary N) is 1. The van der Waals surface area contributed by atoms with Crippen molar-refractivity contribution in [2.75, 3.05) is 26.2 Å². The first-order chi connectivity index (χ1) is 8.34. The van der Waals surface area contributed by atoms with Crippen molar-refractivity contribution in [2.45, 2.75) is 58.5 Å². The number of carbonyl (C=O) groups is 1. The van der Waals surface area contributed by atoms with Crippen molar-refractivity contribution in [2.24, 2.45) is 5.73 Å². The third-order valence-electron chi connectivity index (χ3n) is 3.68. The van der Waals surface area contributed by atoms with Crippen LogP contribution in [0, 0.1) is 0 Å². The molecule has 1 fully saturated rings. The lowest BCUT2D eigenvalue weighted by atomic mass is 10.0. The summed E-state index contributed by atoms with van der Waals surface area (Å²) < 4.78 is 0. The van der Waals surface area contributed by atoms with Crippen LogP contribution in [-0.2, 0) is 4.79 Å². The number of rotatable bonds is 4. The van der Waals surface area contributed by atoms with Crippen LogP contribution < -0.4 is 5.73 Å². The molecule has 0 aromatic carbocycles. The first-order valence-corrected chi connectivity index (χ1v) is 7.13. The predicted octanol–water partition coefficient (Wildman–Crippen LogP) is 1.45. The van der Waals surface area contributed by atoms with Crippen molar-refractivity contribution in [3.8, 4) is 0 Å². The third-order valence-corrected chi connectivity index (χ3v) is 3.68. The van der Waals surface area contributed by atoms with Crippen molar-refractivity contribution >= 4 is 5.91 Å². The van der Waals surface area contributed by atoms with Crippen molar-refractivity contribution in [1.29, 1.82) is 0 Å². The van der Waals surface area contributed by atoms with Crippen LogP contribution in [0.1, 0.15) is 47.0 Å². The lowest BCUT2D eigenvalue weighted by Crippen LogP contribution is -2.55. The van der Waals surface area contributed by atoms with Crippen LogP contribution in [-0.4, -0.2) is 53.5 Å². The quantitative estimate of drug-likeness (QED) is 0.827. The second-order valence-electron chi connectivity index (χ2n) is 6.29. The van der Waals surface area contributed by atoms with Crippen LogP contribution in [0.2, 0.25) is 0 Å². The van der Waals surface area contributed by atoms with Gasteiger partial charge in [-0.2, -0.15) is 0 Å². The first-order valence-electron chi connectivity index (χ1n) is 7.13. The van der Waals surface area contributed by atoms with E-state index in [0.29, 0.717) is 6.42 Å². The van der Waals surface area contributed by atoms with Gasteiger partial charge in [0.2, 0.25) is 5.91 Å².